The van der Waals surface area contributed by atoms with Crippen molar-refractivity contribution in [2.45, 2.75) is 22.6 Å². The quantitative estimate of drug-likeness (QED) is 0.490. The standard InChI is InChI=1S/C20H15FN4O3S/c21-16-8-18(12-22-11-16)29(27,28)17-4-1-13(2-5-17)3-6-19(26)14-7-15-10-24-25-20(15)23-9-14/h1-2,4-5,7-12H,3,6H2,(H,23,24,25). The maximum atomic E-state index is 13.3. The van der Waals surface area contributed by atoms with Crippen molar-refractivity contribution in [3.05, 3.63) is 78.1 Å². The summed E-state index contributed by atoms with van der Waals surface area (Å²) in [5, 5.41) is 7.37. The van der Waals surface area contributed by atoms with Gasteiger partial charge in [0, 0.05) is 29.8 Å². The lowest BCUT2D eigenvalue weighted by atomic mass is 10.0. The van der Waals surface area contributed by atoms with E-state index in [9.17, 15) is 17.6 Å². The lowest BCUT2D eigenvalue weighted by molar-refractivity contribution is 0.0982. The molecule has 4 aromatic rings. The Morgan fingerprint density at radius 1 is 1.00 bits per heavy atom. The van der Waals surface area contributed by atoms with Gasteiger partial charge in [0.15, 0.2) is 11.4 Å². The van der Waals surface area contributed by atoms with E-state index >= 15 is 0 Å². The molecule has 0 aliphatic heterocycles. The zero-order chi connectivity index (χ0) is 20.4. The second-order valence-corrected chi connectivity index (χ2v) is 8.39. The van der Waals surface area contributed by atoms with Crippen molar-refractivity contribution in [2.75, 3.05) is 0 Å². The van der Waals surface area contributed by atoms with Crippen LogP contribution in [0.2, 0.25) is 0 Å². The molecule has 3 heterocycles. The van der Waals surface area contributed by atoms with Gasteiger partial charge < -0.3 is 0 Å². The lowest BCUT2D eigenvalue weighted by Crippen LogP contribution is -2.04. The largest absolute Gasteiger partial charge is 0.294 e. The molecule has 0 aliphatic carbocycles. The van der Waals surface area contributed by atoms with E-state index in [1.807, 2.05) is 0 Å². The maximum absolute atomic E-state index is 13.3. The van der Waals surface area contributed by atoms with Gasteiger partial charge in [0.2, 0.25) is 9.84 Å². The molecule has 7 nitrogen and oxygen atoms in total. The second-order valence-electron chi connectivity index (χ2n) is 6.44. The summed E-state index contributed by atoms with van der Waals surface area (Å²) in [6.45, 7) is 0. The van der Waals surface area contributed by atoms with E-state index in [4.69, 9.17) is 0 Å². The molecule has 0 unspecified atom stereocenters. The Morgan fingerprint density at radius 2 is 1.79 bits per heavy atom. The molecule has 29 heavy (non-hydrogen) atoms. The number of sulfone groups is 1. The Bertz CT molecular complexity index is 1300. The third-order valence-corrected chi connectivity index (χ3v) is 6.21. The summed E-state index contributed by atoms with van der Waals surface area (Å²) in [4.78, 5) is 20.0. The van der Waals surface area contributed by atoms with Crippen LogP contribution in [0.3, 0.4) is 0 Å². The van der Waals surface area contributed by atoms with Crippen molar-refractivity contribution < 1.29 is 17.6 Å². The first-order chi connectivity index (χ1) is 13.9. The minimum absolute atomic E-state index is 0.0367. The number of benzene rings is 1. The van der Waals surface area contributed by atoms with Gasteiger partial charge in [-0.1, -0.05) is 12.1 Å². The number of hydrogen-bond acceptors (Lipinski definition) is 6. The average Bonchev–Trinajstić information content (AvgIpc) is 3.20. The van der Waals surface area contributed by atoms with Crippen LogP contribution in [-0.4, -0.2) is 34.4 Å². The first kappa shape index (κ1) is 18.9. The highest BCUT2D eigenvalue weighted by Crippen LogP contribution is 2.21. The number of aromatic nitrogens is 4. The molecule has 0 saturated carbocycles. The van der Waals surface area contributed by atoms with Crippen LogP contribution >= 0.6 is 0 Å². The van der Waals surface area contributed by atoms with Crippen molar-refractivity contribution in [2.24, 2.45) is 0 Å². The summed E-state index contributed by atoms with van der Waals surface area (Å²) in [6.07, 6.45) is 5.86. The number of carbonyl (C=O) groups excluding carboxylic acids is 1. The van der Waals surface area contributed by atoms with Crippen LogP contribution in [-0.2, 0) is 16.3 Å². The third-order valence-electron chi connectivity index (χ3n) is 4.48. The first-order valence-corrected chi connectivity index (χ1v) is 10.2. The minimum Gasteiger partial charge on any atom is -0.294 e. The number of nitrogens with one attached hydrogen (secondary N) is 1. The fraction of sp³-hybridized carbons (Fsp3) is 0.100. The summed E-state index contributed by atoms with van der Waals surface area (Å²) in [5.74, 6) is -0.785. The molecule has 3 aromatic heterocycles. The van der Waals surface area contributed by atoms with Crippen LogP contribution in [0.15, 0.2) is 71.0 Å². The van der Waals surface area contributed by atoms with Crippen molar-refractivity contribution in [1.29, 1.82) is 0 Å². The Hall–Kier alpha value is -3.46. The van der Waals surface area contributed by atoms with Crippen molar-refractivity contribution in [3.8, 4) is 0 Å². The SMILES string of the molecule is O=C(CCc1ccc(S(=O)(=O)c2cncc(F)c2)cc1)c1cnc2[nH]ncc2c1. The van der Waals surface area contributed by atoms with E-state index in [0.29, 0.717) is 17.6 Å². The number of aromatic amines is 1. The normalized spacial score (nSPS) is 11.6. The van der Waals surface area contributed by atoms with Crippen LogP contribution in [0.1, 0.15) is 22.3 Å². The van der Waals surface area contributed by atoms with Gasteiger partial charge in [-0.15, -0.1) is 0 Å². The summed E-state index contributed by atoms with van der Waals surface area (Å²) in [6, 6.07) is 8.84. The van der Waals surface area contributed by atoms with E-state index in [2.05, 4.69) is 20.2 Å². The highest BCUT2D eigenvalue weighted by atomic mass is 32.2. The summed E-state index contributed by atoms with van der Waals surface area (Å²) in [5.41, 5.74) is 1.93. The highest BCUT2D eigenvalue weighted by Gasteiger charge is 2.18. The zero-order valence-electron chi connectivity index (χ0n) is 15.0. The monoisotopic (exact) mass is 410 g/mol. The number of rotatable bonds is 6. The van der Waals surface area contributed by atoms with Crippen molar-refractivity contribution in [3.63, 3.8) is 0 Å². The van der Waals surface area contributed by atoms with E-state index in [1.165, 1.54) is 18.3 Å². The van der Waals surface area contributed by atoms with Crippen molar-refractivity contribution >= 4 is 26.7 Å². The molecule has 0 radical (unpaired) electrons. The van der Waals surface area contributed by atoms with Gasteiger partial charge in [-0.25, -0.2) is 17.8 Å². The summed E-state index contributed by atoms with van der Waals surface area (Å²) >= 11 is 0. The molecular weight excluding hydrogens is 395 g/mol. The van der Waals surface area contributed by atoms with E-state index in [1.54, 1.807) is 24.4 Å². The maximum Gasteiger partial charge on any atom is 0.208 e. The number of hydrogen-bond donors (Lipinski definition) is 1. The Balaban J connectivity index is 1.46. The molecule has 0 atom stereocenters. The molecule has 0 bridgehead atoms. The fourth-order valence-corrected chi connectivity index (χ4v) is 4.14. The van der Waals surface area contributed by atoms with Crippen LogP contribution in [0.4, 0.5) is 4.39 Å². The molecule has 0 amide bonds. The van der Waals surface area contributed by atoms with E-state index < -0.39 is 15.7 Å². The number of ketones is 1. The average molecular weight is 410 g/mol. The summed E-state index contributed by atoms with van der Waals surface area (Å²) in [7, 11) is -3.85. The smallest absolute Gasteiger partial charge is 0.208 e. The second kappa shape index (κ2) is 7.51. The number of nitrogens with zero attached hydrogens (tertiary/aromatic N) is 3. The molecule has 9 heteroatoms. The van der Waals surface area contributed by atoms with Crippen LogP contribution in [0.5, 0.6) is 0 Å². The number of halogens is 1. The van der Waals surface area contributed by atoms with E-state index in [0.717, 1.165) is 29.4 Å². The number of pyridine rings is 2. The number of carbonyl (C=O) groups is 1. The molecule has 1 aromatic carbocycles. The lowest BCUT2D eigenvalue weighted by Gasteiger charge is -2.06. The van der Waals surface area contributed by atoms with Gasteiger partial charge in [0.1, 0.15) is 5.82 Å². The topological polar surface area (TPSA) is 106 Å². The Labute approximate surface area is 165 Å². The Morgan fingerprint density at radius 3 is 2.55 bits per heavy atom. The third kappa shape index (κ3) is 3.90. The van der Waals surface area contributed by atoms with Crippen LogP contribution < -0.4 is 0 Å². The Kier molecular flexibility index (Phi) is 4.89. The fourth-order valence-electron chi connectivity index (χ4n) is 2.90. The van der Waals surface area contributed by atoms with Gasteiger partial charge in [-0.3, -0.25) is 14.9 Å². The molecule has 0 spiro atoms. The van der Waals surface area contributed by atoms with E-state index in [-0.39, 0.29) is 22.0 Å². The molecule has 1 N–H and O–H groups in total. The molecule has 0 fully saturated rings. The first-order valence-electron chi connectivity index (χ1n) is 8.70. The summed E-state index contributed by atoms with van der Waals surface area (Å²) < 4.78 is 38.4. The number of Topliss-reactive ketones (excluding diaryl/α,β-unsaturated/α-hetero) is 1. The predicted octanol–water partition coefficient (Wildman–Crippen LogP) is 3.14. The van der Waals surface area contributed by atoms with Gasteiger partial charge in [-0.2, -0.15) is 5.10 Å². The van der Waals surface area contributed by atoms with Crippen molar-refractivity contribution in [1.82, 2.24) is 20.2 Å². The number of H-pyrrole nitrogens is 1. The minimum atomic E-state index is -3.85. The molecule has 146 valence electrons. The molecule has 0 aliphatic rings. The van der Waals surface area contributed by atoms with Gasteiger partial charge >= 0.3 is 0 Å². The predicted molar refractivity (Wildman–Crippen MR) is 103 cm³/mol. The zero-order valence-corrected chi connectivity index (χ0v) is 15.9. The molecule has 0 saturated heterocycles. The molecular formula is C20H15FN4O3S. The van der Waals surface area contributed by atoms with Gasteiger partial charge in [0.25, 0.3) is 0 Å². The van der Waals surface area contributed by atoms with Gasteiger partial charge in [-0.05, 0) is 36.2 Å². The molecule has 4 rings (SSSR count). The van der Waals surface area contributed by atoms with Crippen LogP contribution in [0, 0.1) is 5.82 Å². The van der Waals surface area contributed by atoms with Gasteiger partial charge in [0.05, 0.1) is 22.2 Å². The number of fused-ring (bicyclic) bond motifs is 1. The van der Waals surface area contributed by atoms with Crippen LogP contribution in [0.25, 0.3) is 11.0 Å². The highest BCUT2D eigenvalue weighted by molar-refractivity contribution is 7.91. The number of aryl methyl sites for hydroxylation is 1.